The summed E-state index contributed by atoms with van der Waals surface area (Å²) in [6.07, 6.45) is 0. The first-order chi connectivity index (χ1) is 17.8. The van der Waals surface area contributed by atoms with Crippen molar-refractivity contribution in [1.29, 1.82) is 0 Å². The molecule has 168 valence electrons. The molecule has 1 aromatic heterocycles. The van der Waals surface area contributed by atoms with Crippen LogP contribution in [0, 0.1) is 0 Å². The van der Waals surface area contributed by atoms with E-state index in [1.54, 1.807) is 0 Å². The Morgan fingerprint density at radius 1 is 0.444 bits per heavy atom. The van der Waals surface area contributed by atoms with Gasteiger partial charge in [-0.15, -0.1) is 11.3 Å². The summed E-state index contributed by atoms with van der Waals surface area (Å²) in [4.78, 5) is 2.68. The summed E-state index contributed by atoms with van der Waals surface area (Å²) in [5.41, 5.74) is 7.81. The van der Waals surface area contributed by atoms with Crippen LogP contribution in [0.1, 0.15) is 0 Å². The van der Waals surface area contributed by atoms with Crippen molar-refractivity contribution in [3.05, 3.63) is 121 Å². The van der Waals surface area contributed by atoms with E-state index < -0.39 is 0 Å². The topological polar surface area (TPSA) is 0 Å². The lowest BCUT2D eigenvalue weighted by molar-refractivity contribution is 1.39. The van der Waals surface area contributed by atoms with Crippen molar-refractivity contribution in [2.45, 2.75) is 9.79 Å². The smallest absolute Gasteiger partial charge is 0.0434 e. The van der Waals surface area contributed by atoms with Gasteiger partial charge < -0.3 is 0 Å². The number of thiophene rings is 1. The van der Waals surface area contributed by atoms with Crippen molar-refractivity contribution < 1.29 is 0 Å². The van der Waals surface area contributed by atoms with Crippen LogP contribution in [0.5, 0.6) is 0 Å². The van der Waals surface area contributed by atoms with Gasteiger partial charge in [0.05, 0.1) is 0 Å². The molecule has 7 aromatic rings. The summed E-state index contributed by atoms with van der Waals surface area (Å²) >= 11 is 3.78. The summed E-state index contributed by atoms with van der Waals surface area (Å²) in [6, 6.07) is 44.7. The van der Waals surface area contributed by atoms with E-state index in [-0.39, 0.29) is 0 Å². The Balaban J connectivity index is 1.35. The monoisotopic (exact) mass is 492 g/mol. The molecule has 1 aliphatic heterocycles. The first kappa shape index (κ1) is 20.4. The Kier molecular flexibility index (Phi) is 4.42. The lowest BCUT2D eigenvalue weighted by Gasteiger charge is -2.21. The van der Waals surface area contributed by atoms with Crippen molar-refractivity contribution >= 4 is 54.0 Å². The molecular weight excluding hydrogens is 473 g/mol. The molecule has 0 N–H and O–H groups in total. The van der Waals surface area contributed by atoms with E-state index in [4.69, 9.17) is 0 Å². The van der Waals surface area contributed by atoms with E-state index in [0.29, 0.717) is 0 Å². The first-order valence-corrected chi connectivity index (χ1v) is 13.8. The molecule has 1 aliphatic rings. The van der Waals surface area contributed by atoms with Crippen molar-refractivity contribution in [2.24, 2.45) is 0 Å². The minimum absolute atomic E-state index is 1.26. The van der Waals surface area contributed by atoms with E-state index in [2.05, 4.69) is 121 Å². The molecule has 0 saturated heterocycles. The fourth-order valence-corrected chi connectivity index (χ4v) is 8.02. The zero-order valence-electron chi connectivity index (χ0n) is 19.4. The third kappa shape index (κ3) is 2.95. The van der Waals surface area contributed by atoms with Crippen LogP contribution in [0.3, 0.4) is 0 Å². The number of hydrogen-bond donors (Lipinski definition) is 0. The maximum Gasteiger partial charge on any atom is 0.0434 e. The predicted octanol–water partition coefficient (Wildman–Crippen LogP) is 10.7. The Hall–Kier alpha value is -3.85. The summed E-state index contributed by atoms with van der Waals surface area (Å²) in [5, 5.41) is 5.37. The minimum Gasteiger partial charge on any atom is -0.135 e. The van der Waals surface area contributed by atoms with Crippen molar-refractivity contribution in [3.63, 3.8) is 0 Å². The molecule has 6 aromatic carbocycles. The molecule has 0 bridgehead atoms. The third-order valence-corrected chi connectivity index (χ3v) is 9.64. The van der Waals surface area contributed by atoms with Gasteiger partial charge in [0, 0.05) is 40.9 Å². The van der Waals surface area contributed by atoms with Gasteiger partial charge in [-0.1, -0.05) is 109 Å². The van der Waals surface area contributed by atoms with Crippen LogP contribution in [0.15, 0.2) is 131 Å². The van der Waals surface area contributed by atoms with E-state index in [1.165, 1.54) is 74.1 Å². The van der Waals surface area contributed by atoms with E-state index in [9.17, 15) is 0 Å². The quantitative estimate of drug-likeness (QED) is 0.231. The molecule has 2 heteroatoms. The summed E-state index contributed by atoms with van der Waals surface area (Å²) < 4.78 is 2.70. The van der Waals surface area contributed by atoms with Crippen LogP contribution in [0.25, 0.3) is 64.3 Å². The Morgan fingerprint density at radius 3 is 2.11 bits per heavy atom. The molecule has 0 atom stereocenters. The average Bonchev–Trinajstić information content (AvgIpc) is 3.32. The number of rotatable bonds is 2. The van der Waals surface area contributed by atoms with Crippen LogP contribution in [0.4, 0.5) is 0 Å². The van der Waals surface area contributed by atoms with Gasteiger partial charge >= 0.3 is 0 Å². The average molecular weight is 493 g/mol. The fraction of sp³-hybridized carbons (Fsp3) is 0. The highest BCUT2D eigenvalue weighted by molar-refractivity contribution is 7.99. The second-order valence-electron chi connectivity index (χ2n) is 9.30. The van der Waals surface area contributed by atoms with Crippen LogP contribution in [0.2, 0.25) is 0 Å². The highest BCUT2D eigenvalue weighted by Crippen LogP contribution is 2.49. The molecule has 0 saturated carbocycles. The standard InChI is InChI=1S/C34H20S2/c1-2-11-24(27-14-7-15-28-25-12-3-4-16-30(25)36-34(27)28)23(10-1)22-18-19-31-29(20-22)26-13-5-8-21-9-6-17-32(35-31)33(21)26/h1-20H. The van der Waals surface area contributed by atoms with Gasteiger partial charge in [-0.3, -0.25) is 0 Å². The molecule has 0 spiro atoms. The van der Waals surface area contributed by atoms with Crippen molar-refractivity contribution in [1.82, 2.24) is 0 Å². The fourth-order valence-electron chi connectivity index (χ4n) is 5.66. The van der Waals surface area contributed by atoms with E-state index in [1.807, 2.05) is 23.1 Å². The van der Waals surface area contributed by atoms with Crippen LogP contribution in [-0.2, 0) is 0 Å². The molecule has 0 aliphatic carbocycles. The molecule has 0 nitrogen and oxygen atoms in total. The SMILES string of the molecule is c1ccc(-c2cccc3c2sc2ccccc23)c(-c2ccc3c(c2)-c2cccc4cccc(c24)S3)c1. The van der Waals surface area contributed by atoms with Gasteiger partial charge in [0.25, 0.3) is 0 Å². The normalized spacial score (nSPS) is 12.3. The van der Waals surface area contributed by atoms with Crippen LogP contribution >= 0.6 is 23.1 Å². The number of benzene rings is 6. The highest BCUT2D eigenvalue weighted by Gasteiger charge is 2.20. The maximum atomic E-state index is 2.40. The lowest BCUT2D eigenvalue weighted by Crippen LogP contribution is -1.94. The van der Waals surface area contributed by atoms with Gasteiger partial charge in [-0.2, -0.15) is 0 Å². The predicted molar refractivity (Wildman–Crippen MR) is 157 cm³/mol. The first-order valence-electron chi connectivity index (χ1n) is 12.2. The second-order valence-corrected chi connectivity index (χ2v) is 11.4. The maximum absolute atomic E-state index is 2.40. The summed E-state index contributed by atoms with van der Waals surface area (Å²) in [6.45, 7) is 0. The highest BCUT2D eigenvalue weighted by atomic mass is 32.2. The second kappa shape index (κ2) is 7.83. The minimum atomic E-state index is 1.26. The Labute approximate surface area is 217 Å². The molecular formula is C34H20S2. The Morgan fingerprint density at radius 2 is 1.17 bits per heavy atom. The Bertz CT molecular complexity index is 1970. The largest absolute Gasteiger partial charge is 0.135 e. The van der Waals surface area contributed by atoms with Crippen LogP contribution < -0.4 is 0 Å². The molecule has 0 amide bonds. The lowest BCUT2D eigenvalue weighted by atomic mass is 9.91. The van der Waals surface area contributed by atoms with Crippen LogP contribution in [-0.4, -0.2) is 0 Å². The molecule has 36 heavy (non-hydrogen) atoms. The number of fused-ring (bicyclic) bond motifs is 5. The van der Waals surface area contributed by atoms with E-state index >= 15 is 0 Å². The van der Waals surface area contributed by atoms with Gasteiger partial charge in [-0.05, 0) is 57.5 Å². The summed E-state index contributed by atoms with van der Waals surface area (Å²) in [7, 11) is 0. The number of hydrogen-bond acceptors (Lipinski definition) is 2. The van der Waals surface area contributed by atoms with E-state index in [0.717, 1.165) is 0 Å². The van der Waals surface area contributed by atoms with Gasteiger partial charge in [-0.25, -0.2) is 0 Å². The molecule has 8 rings (SSSR count). The molecule has 2 heterocycles. The van der Waals surface area contributed by atoms with Gasteiger partial charge in [0.1, 0.15) is 0 Å². The zero-order chi connectivity index (χ0) is 23.6. The molecule has 0 fully saturated rings. The summed E-state index contributed by atoms with van der Waals surface area (Å²) in [5.74, 6) is 0. The third-order valence-electron chi connectivity index (χ3n) is 7.29. The van der Waals surface area contributed by atoms with Gasteiger partial charge in [0.15, 0.2) is 0 Å². The van der Waals surface area contributed by atoms with Crippen molar-refractivity contribution in [3.8, 4) is 33.4 Å². The zero-order valence-corrected chi connectivity index (χ0v) is 21.0. The van der Waals surface area contributed by atoms with Gasteiger partial charge in [0.2, 0.25) is 0 Å². The molecule has 0 radical (unpaired) electrons. The molecule has 0 unspecified atom stereocenters. The van der Waals surface area contributed by atoms with Crippen molar-refractivity contribution in [2.75, 3.05) is 0 Å².